The minimum atomic E-state index is -0.157. The molecule has 15 heavy (non-hydrogen) atoms. The Hall–Kier alpha value is -1.79. The lowest BCUT2D eigenvalue weighted by Gasteiger charge is -2.06. The molecule has 1 rings (SSSR count). The fourth-order valence-corrected chi connectivity index (χ4v) is 1.35. The summed E-state index contributed by atoms with van der Waals surface area (Å²) in [6, 6.07) is 5.92. The molecule has 1 aromatic carbocycles. The first-order valence-corrected chi connectivity index (χ1v) is 4.79. The first-order chi connectivity index (χ1) is 7.02. The maximum Gasteiger partial charge on any atom is 0.259 e. The van der Waals surface area contributed by atoms with E-state index in [9.17, 15) is 4.79 Å². The number of hydrogen-bond donors (Lipinski definition) is 1. The zero-order valence-electron chi connectivity index (χ0n) is 9.35. The zero-order chi connectivity index (χ0) is 11.4. The molecule has 78 valence electrons. The molecule has 1 amide bonds. The monoisotopic (exact) mass is 201 g/mol. The summed E-state index contributed by atoms with van der Waals surface area (Å²) in [5.74, 6) is -0.157. The molecule has 0 fully saturated rings. The summed E-state index contributed by atoms with van der Waals surface area (Å²) in [6.07, 6.45) is 0. The molecule has 0 aliphatic rings. The van der Waals surface area contributed by atoms with Crippen molar-refractivity contribution in [1.82, 2.24) is 0 Å². The van der Waals surface area contributed by atoms with Gasteiger partial charge in [-0.15, -0.1) is 5.73 Å². The van der Waals surface area contributed by atoms with Gasteiger partial charge in [-0.1, -0.05) is 12.6 Å². The van der Waals surface area contributed by atoms with Crippen molar-refractivity contribution in [3.63, 3.8) is 0 Å². The molecule has 0 spiro atoms. The van der Waals surface area contributed by atoms with Crippen molar-refractivity contribution in [1.29, 1.82) is 0 Å². The highest BCUT2D eigenvalue weighted by Crippen LogP contribution is 2.14. The lowest BCUT2D eigenvalue weighted by atomic mass is 10.1. The van der Waals surface area contributed by atoms with Crippen LogP contribution >= 0.6 is 0 Å². The van der Waals surface area contributed by atoms with Crippen molar-refractivity contribution >= 4 is 11.6 Å². The number of rotatable bonds is 2. The number of aryl methyl sites for hydroxylation is 2. The van der Waals surface area contributed by atoms with Crippen molar-refractivity contribution in [2.45, 2.75) is 20.8 Å². The van der Waals surface area contributed by atoms with E-state index in [1.165, 1.54) is 0 Å². The van der Waals surface area contributed by atoms with Crippen LogP contribution in [0.1, 0.15) is 18.1 Å². The summed E-state index contributed by atoms with van der Waals surface area (Å²) in [5.41, 5.74) is 6.14. The maximum atomic E-state index is 11.5. The van der Waals surface area contributed by atoms with Crippen LogP contribution in [0.2, 0.25) is 0 Å². The lowest BCUT2D eigenvalue weighted by Crippen LogP contribution is -2.12. The molecular weight excluding hydrogens is 186 g/mol. The number of amides is 1. The molecule has 0 aliphatic carbocycles. The largest absolute Gasteiger partial charge is 0.322 e. The van der Waals surface area contributed by atoms with Gasteiger partial charge in [-0.2, -0.15) is 0 Å². The Morgan fingerprint density at radius 1 is 1.27 bits per heavy atom. The van der Waals surface area contributed by atoms with E-state index in [1.54, 1.807) is 6.92 Å². The fourth-order valence-electron chi connectivity index (χ4n) is 1.35. The summed E-state index contributed by atoms with van der Waals surface area (Å²) in [6.45, 7) is 9.12. The van der Waals surface area contributed by atoms with Crippen LogP contribution in [0.25, 0.3) is 0 Å². The van der Waals surface area contributed by atoms with Gasteiger partial charge in [-0.05, 0) is 44.0 Å². The van der Waals surface area contributed by atoms with Crippen molar-refractivity contribution in [2.24, 2.45) is 0 Å². The van der Waals surface area contributed by atoms with Crippen LogP contribution in [0.5, 0.6) is 0 Å². The topological polar surface area (TPSA) is 29.1 Å². The summed E-state index contributed by atoms with van der Waals surface area (Å²) in [7, 11) is 0. The third-order valence-electron chi connectivity index (χ3n) is 2.09. The predicted molar refractivity (Wildman–Crippen MR) is 62.9 cm³/mol. The van der Waals surface area contributed by atoms with Gasteiger partial charge in [0.15, 0.2) is 0 Å². The van der Waals surface area contributed by atoms with Crippen LogP contribution < -0.4 is 5.32 Å². The average Bonchev–Trinajstić information content (AvgIpc) is 2.14. The number of carbonyl (C=O) groups is 1. The summed E-state index contributed by atoms with van der Waals surface area (Å²) < 4.78 is 0. The molecule has 0 unspecified atom stereocenters. The van der Waals surface area contributed by atoms with Crippen molar-refractivity contribution in [3.05, 3.63) is 47.2 Å². The Morgan fingerprint density at radius 2 is 1.80 bits per heavy atom. The zero-order valence-corrected chi connectivity index (χ0v) is 9.35. The number of carbonyl (C=O) groups excluding carboxylic acids is 1. The van der Waals surface area contributed by atoms with Crippen LogP contribution in [0.15, 0.2) is 36.1 Å². The highest BCUT2D eigenvalue weighted by atomic mass is 16.1. The lowest BCUT2D eigenvalue weighted by molar-refractivity contribution is -0.112. The second kappa shape index (κ2) is 4.63. The van der Waals surface area contributed by atoms with Gasteiger partial charge in [0.05, 0.1) is 5.57 Å². The van der Waals surface area contributed by atoms with Gasteiger partial charge >= 0.3 is 0 Å². The first-order valence-electron chi connectivity index (χ1n) is 4.79. The molecule has 0 atom stereocenters. The van der Waals surface area contributed by atoms with E-state index in [0.717, 1.165) is 16.8 Å². The van der Waals surface area contributed by atoms with Gasteiger partial charge in [-0.25, -0.2) is 0 Å². The van der Waals surface area contributed by atoms with E-state index < -0.39 is 0 Å². The van der Waals surface area contributed by atoms with Gasteiger partial charge in [-0.3, -0.25) is 4.79 Å². The third kappa shape index (κ3) is 3.12. The molecule has 1 N–H and O–H groups in total. The third-order valence-corrected chi connectivity index (χ3v) is 2.09. The van der Waals surface area contributed by atoms with Gasteiger partial charge in [0.25, 0.3) is 5.91 Å². The second-order valence-electron chi connectivity index (χ2n) is 3.63. The Bertz CT molecular complexity index is 420. The van der Waals surface area contributed by atoms with Crippen LogP contribution in [-0.2, 0) is 4.79 Å². The minimum absolute atomic E-state index is 0.157. The molecule has 0 radical (unpaired) electrons. The molecule has 0 heterocycles. The van der Waals surface area contributed by atoms with Crippen molar-refractivity contribution in [2.75, 3.05) is 5.32 Å². The summed E-state index contributed by atoms with van der Waals surface area (Å²) in [4.78, 5) is 11.5. The second-order valence-corrected chi connectivity index (χ2v) is 3.63. The molecule has 0 aromatic heterocycles. The van der Waals surface area contributed by atoms with Gasteiger partial charge in [0, 0.05) is 5.69 Å². The quantitative estimate of drug-likeness (QED) is 0.578. The van der Waals surface area contributed by atoms with E-state index in [0.29, 0.717) is 5.57 Å². The standard InChI is InChI=1S/C13H15NO/c1-5-11(4)13(15)14-12-7-9(2)6-10(3)8-12/h6-8H,1H2,2-4H3,(H,14,15). The van der Waals surface area contributed by atoms with E-state index in [-0.39, 0.29) is 5.91 Å². The number of benzene rings is 1. The smallest absolute Gasteiger partial charge is 0.259 e. The van der Waals surface area contributed by atoms with Gasteiger partial charge < -0.3 is 5.32 Å². The summed E-state index contributed by atoms with van der Waals surface area (Å²) in [5, 5.41) is 2.80. The molecular formula is C13H15NO. The number of nitrogens with one attached hydrogen (secondary N) is 1. The van der Waals surface area contributed by atoms with Crippen molar-refractivity contribution < 1.29 is 4.79 Å². The number of anilines is 1. The van der Waals surface area contributed by atoms with E-state index >= 15 is 0 Å². The van der Waals surface area contributed by atoms with E-state index in [1.807, 2.05) is 26.0 Å². The molecule has 0 aliphatic heterocycles. The normalized spacial score (nSPS) is 9.27. The number of hydrogen-bond acceptors (Lipinski definition) is 1. The molecule has 0 saturated heterocycles. The van der Waals surface area contributed by atoms with Crippen molar-refractivity contribution in [3.8, 4) is 0 Å². The molecule has 0 saturated carbocycles. The average molecular weight is 201 g/mol. The Balaban J connectivity index is 2.90. The fraction of sp³-hybridized carbons (Fsp3) is 0.231. The maximum absolute atomic E-state index is 11.5. The van der Waals surface area contributed by atoms with Crippen LogP contribution in [0.4, 0.5) is 5.69 Å². The van der Waals surface area contributed by atoms with Crippen LogP contribution in [0.3, 0.4) is 0 Å². The highest BCUT2D eigenvalue weighted by Gasteiger charge is 2.04. The van der Waals surface area contributed by atoms with Crippen LogP contribution in [-0.4, -0.2) is 5.91 Å². The van der Waals surface area contributed by atoms with E-state index in [4.69, 9.17) is 0 Å². The highest BCUT2D eigenvalue weighted by molar-refractivity contribution is 6.03. The molecule has 1 aromatic rings. The van der Waals surface area contributed by atoms with Gasteiger partial charge in [0.2, 0.25) is 0 Å². The molecule has 2 heteroatoms. The van der Waals surface area contributed by atoms with Gasteiger partial charge in [0.1, 0.15) is 0 Å². The van der Waals surface area contributed by atoms with E-state index in [2.05, 4.69) is 23.7 Å². The Morgan fingerprint density at radius 3 is 2.27 bits per heavy atom. The molecule has 2 nitrogen and oxygen atoms in total. The van der Waals surface area contributed by atoms with Crippen LogP contribution in [0, 0.1) is 13.8 Å². The Labute approximate surface area is 90.3 Å². The molecule has 0 bridgehead atoms. The first kappa shape index (κ1) is 11.3. The minimum Gasteiger partial charge on any atom is -0.322 e. The predicted octanol–water partition coefficient (Wildman–Crippen LogP) is 2.97. The summed E-state index contributed by atoms with van der Waals surface area (Å²) >= 11 is 0. The SMILES string of the molecule is C=C=C(C)C(=O)Nc1cc(C)cc(C)c1. The Kier molecular flexibility index (Phi) is 3.48.